The van der Waals surface area contributed by atoms with E-state index in [0.717, 1.165) is 29.5 Å². The molecular formula is C15H11BrN2OS. The Labute approximate surface area is 127 Å². The van der Waals surface area contributed by atoms with E-state index in [-0.39, 0.29) is 5.56 Å². The van der Waals surface area contributed by atoms with Crippen molar-refractivity contribution in [2.45, 2.75) is 18.8 Å². The van der Waals surface area contributed by atoms with Gasteiger partial charge in [0.05, 0.1) is 5.69 Å². The summed E-state index contributed by atoms with van der Waals surface area (Å²) >= 11 is 5.04. The molecule has 5 heteroatoms. The number of hydrogen-bond acceptors (Lipinski definition) is 3. The van der Waals surface area contributed by atoms with Gasteiger partial charge >= 0.3 is 0 Å². The van der Waals surface area contributed by atoms with Crippen molar-refractivity contribution in [1.29, 1.82) is 0 Å². The predicted molar refractivity (Wildman–Crippen MR) is 85.4 cm³/mol. The van der Waals surface area contributed by atoms with Crippen molar-refractivity contribution < 1.29 is 0 Å². The maximum absolute atomic E-state index is 12.1. The van der Waals surface area contributed by atoms with Crippen LogP contribution in [-0.4, -0.2) is 9.97 Å². The molecule has 1 aliphatic rings. The van der Waals surface area contributed by atoms with Gasteiger partial charge in [0, 0.05) is 26.9 Å². The smallest absolute Gasteiger partial charge is 0.265 e. The molecular weight excluding hydrogens is 336 g/mol. The summed E-state index contributed by atoms with van der Waals surface area (Å²) in [5.41, 5.74) is 1.82. The Hall–Kier alpha value is -1.46. The summed E-state index contributed by atoms with van der Waals surface area (Å²) in [6.45, 7) is 0. The van der Waals surface area contributed by atoms with Crippen LogP contribution in [0.2, 0.25) is 0 Å². The zero-order valence-electron chi connectivity index (χ0n) is 10.5. The highest BCUT2D eigenvalue weighted by Crippen LogP contribution is 2.42. The second kappa shape index (κ2) is 4.53. The molecule has 0 radical (unpaired) electrons. The molecule has 0 bridgehead atoms. The molecule has 0 saturated heterocycles. The van der Waals surface area contributed by atoms with Crippen LogP contribution < -0.4 is 5.56 Å². The van der Waals surface area contributed by atoms with Crippen molar-refractivity contribution in [3.8, 4) is 11.4 Å². The predicted octanol–water partition coefficient (Wildman–Crippen LogP) is 4.29. The number of aromatic nitrogens is 2. The largest absolute Gasteiger partial charge is 0.305 e. The monoisotopic (exact) mass is 346 g/mol. The summed E-state index contributed by atoms with van der Waals surface area (Å²) < 4.78 is 1.80. The van der Waals surface area contributed by atoms with E-state index in [1.54, 1.807) is 11.3 Å². The van der Waals surface area contributed by atoms with Crippen molar-refractivity contribution in [2.75, 3.05) is 0 Å². The lowest BCUT2D eigenvalue weighted by Crippen LogP contribution is -2.13. The summed E-state index contributed by atoms with van der Waals surface area (Å²) in [6.07, 6.45) is 2.25. The molecule has 0 atom stereocenters. The van der Waals surface area contributed by atoms with Crippen LogP contribution in [0.25, 0.3) is 21.5 Å². The van der Waals surface area contributed by atoms with Crippen molar-refractivity contribution in [3.63, 3.8) is 0 Å². The number of H-pyrrole nitrogens is 1. The average molecular weight is 347 g/mol. The quantitative estimate of drug-likeness (QED) is 0.752. The highest BCUT2D eigenvalue weighted by atomic mass is 79.9. The topological polar surface area (TPSA) is 45.8 Å². The molecule has 0 aliphatic heterocycles. The zero-order chi connectivity index (χ0) is 13.7. The molecule has 1 N–H and O–H groups in total. The number of nitrogens with zero attached hydrogens (tertiary/aromatic N) is 1. The molecule has 0 amide bonds. The van der Waals surface area contributed by atoms with E-state index in [2.05, 4.69) is 38.4 Å². The molecule has 20 heavy (non-hydrogen) atoms. The fourth-order valence-electron chi connectivity index (χ4n) is 2.39. The summed E-state index contributed by atoms with van der Waals surface area (Å²) in [5.74, 6) is 1.12. The number of nitrogens with one attached hydrogen (secondary N) is 1. The number of aromatic amines is 1. The second-order valence-corrected chi connectivity index (χ2v) is 6.74. The summed E-state index contributed by atoms with van der Waals surface area (Å²) in [6, 6.07) is 8.19. The summed E-state index contributed by atoms with van der Waals surface area (Å²) in [7, 11) is 0. The molecule has 2 aromatic heterocycles. The van der Waals surface area contributed by atoms with Crippen LogP contribution in [0, 0.1) is 0 Å². The molecule has 2 heterocycles. The van der Waals surface area contributed by atoms with E-state index >= 15 is 0 Å². The van der Waals surface area contributed by atoms with Crippen LogP contribution in [0.1, 0.15) is 24.5 Å². The van der Waals surface area contributed by atoms with Crippen molar-refractivity contribution in [2.24, 2.45) is 0 Å². The normalized spacial score (nSPS) is 14.8. The van der Waals surface area contributed by atoms with Gasteiger partial charge in [-0.1, -0.05) is 18.2 Å². The lowest BCUT2D eigenvalue weighted by molar-refractivity contribution is 0.961. The van der Waals surface area contributed by atoms with E-state index in [0.29, 0.717) is 16.2 Å². The molecule has 1 saturated carbocycles. The van der Waals surface area contributed by atoms with Crippen molar-refractivity contribution >= 4 is 37.4 Å². The van der Waals surface area contributed by atoms with Gasteiger partial charge < -0.3 is 4.98 Å². The Morgan fingerprint density at radius 2 is 2.10 bits per heavy atom. The number of thiophene rings is 1. The van der Waals surface area contributed by atoms with E-state index in [4.69, 9.17) is 4.98 Å². The minimum atomic E-state index is -0.0906. The van der Waals surface area contributed by atoms with Crippen LogP contribution in [0.4, 0.5) is 0 Å². The highest BCUT2D eigenvalue weighted by Gasteiger charge is 2.29. The molecule has 1 aromatic carbocycles. The third-order valence-electron chi connectivity index (χ3n) is 3.59. The van der Waals surface area contributed by atoms with Gasteiger partial charge in [0.2, 0.25) is 0 Å². The van der Waals surface area contributed by atoms with Gasteiger partial charge in [-0.25, -0.2) is 4.98 Å². The minimum absolute atomic E-state index is 0.0906. The van der Waals surface area contributed by atoms with E-state index in [1.807, 2.05) is 12.1 Å². The van der Waals surface area contributed by atoms with Crippen molar-refractivity contribution in [3.05, 3.63) is 50.2 Å². The van der Waals surface area contributed by atoms with E-state index < -0.39 is 0 Å². The van der Waals surface area contributed by atoms with Crippen LogP contribution in [0.3, 0.4) is 0 Å². The van der Waals surface area contributed by atoms with Crippen LogP contribution in [0.15, 0.2) is 38.9 Å². The first-order chi connectivity index (χ1) is 9.74. The second-order valence-electron chi connectivity index (χ2n) is 5.03. The lowest BCUT2D eigenvalue weighted by atomic mass is 10.1. The number of halogens is 1. The first-order valence-corrected chi connectivity index (χ1v) is 8.17. The summed E-state index contributed by atoms with van der Waals surface area (Å²) in [5, 5.41) is 3.21. The SMILES string of the molecule is O=c1[nH]c(-c2csc3ccccc23)nc(C2CC2)c1Br. The molecule has 3 aromatic rings. The Morgan fingerprint density at radius 1 is 1.30 bits per heavy atom. The first kappa shape index (κ1) is 12.3. The van der Waals surface area contributed by atoms with E-state index in [1.165, 1.54) is 4.70 Å². The summed E-state index contributed by atoms with van der Waals surface area (Å²) in [4.78, 5) is 19.7. The molecule has 3 nitrogen and oxygen atoms in total. The van der Waals surface area contributed by atoms with Gasteiger partial charge in [0.25, 0.3) is 5.56 Å². The Balaban J connectivity index is 1.96. The fourth-order valence-corrected chi connectivity index (χ4v) is 3.85. The molecule has 0 spiro atoms. The molecule has 0 unspecified atom stereocenters. The molecule has 1 fully saturated rings. The maximum Gasteiger partial charge on any atom is 0.265 e. The number of hydrogen-bond donors (Lipinski definition) is 1. The third kappa shape index (κ3) is 1.93. The van der Waals surface area contributed by atoms with Gasteiger partial charge in [0.1, 0.15) is 10.3 Å². The van der Waals surface area contributed by atoms with Gasteiger partial charge in [-0.05, 0) is 34.8 Å². The molecule has 1 aliphatic carbocycles. The van der Waals surface area contributed by atoms with E-state index in [9.17, 15) is 4.79 Å². The fraction of sp³-hybridized carbons (Fsp3) is 0.200. The van der Waals surface area contributed by atoms with Gasteiger partial charge in [-0.2, -0.15) is 0 Å². The maximum atomic E-state index is 12.1. The van der Waals surface area contributed by atoms with Gasteiger partial charge in [-0.15, -0.1) is 11.3 Å². The molecule has 4 rings (SSSR count). The third-order valence-corrected chi connectivity index (χ3v) is 5.32. The molecule has 100 valence electrons. The van der Waals surface area contributed by atoms with Crippen LogP contribution >= 0.6 is 27.3 Å². The zero-order valence-corrected chi connectivity index (χ0v) is 12.9. The van der Waals surface area contributed by atoms with Crippen molar-refractivity contribution in [1.82, 2.24) is 9.97 Å². The minimum Gasteiger partial charge on any atom is -0.305 e. The lowest BCUT2D eigenvalue weighted by Gasteiger charge is -2.05. The highest BCUT2D eigenvalue weighted by molar-refractivity contribution is 9.10. The van der Waals surface area contributed by atoms with Gasteiger partial charge in [-0.3, -0.25) is 4.79 Å². The first-order valence-electron chi connectivity index (χ1n) is 6.50. The van der Waals surface area contributed by atoms with Crippen LogP contribution in [-0.2, 0) is 0 Å². The Bertz CT molecular complexity index is 864. The Morgan fingerprint density at radius 3 is 2.90 bits per heavy atom. The number of rotatable bonds is 2. The van der Waals surface area contributed by atoms with Gasteiger partial charge in [0.15, 0.2) is 0 Å². The van der Waals surface area contributed by atoms with Crippen LogP contribution in [0.5, 0.6) is 0 Å². The average Bonchev–Trinajstić information content (AvgIpc) is 3.21. The Kier molecular flexibility index (Phi) is 2.79. The number of benzene rings is 1. The standard InChI is InChI=1S/C15H11BrN2OS/c16-12-13(8-5-6-8)17-14(18-15(12)19)10-7-20-11-4-2-1-3-9(10)11/h1-4,7-8H,5-6H2,(H,17,18,19). The number of fused-ring (bicyclic) bond motifs is 1.